The van der Waals surface area contributed by atoms with Crippen molar-refractivity contribution in [2.45, 2.75) is 66.7 Å². The Labute approximate surface area is 212 Å². The van der Waals surface area contributed by atoms with E-state index in [4.69, 9.17) is 0 Å². The zero-order chi connectivity index (χ0) is 25.4. The van der Waals surface area contributed by atoms with Gasteiger partial charge < -0.3 is 0 Å². The minimum atomic E-state index is -0.308. The number of hydrogen-bond donors (Lipinski definition) is 0. The molecule has 2 aliphatic rings. The maximum absolute atomic E-state index is 13.8. The van der Waals surface area contributed by atoms with Gasteiger partial charge >= 0.3 is 0 Å². The van der Waals surface area contributed by atoms with Crippen LogP contribution >= 0.6 is 0 Å². The fraction of sp³-hybridized carbons (Fsp3) is 0.382. The highest BCUT2D eigenvalue weighted by molar-refractivity contribution is 5.87. The first-order valence-corrected chi connectivity index (χ1v) is 12.9. The third kappa shape index (κ3) is 5.20. The van der Waals surface area contributed by atoms with Crippen molar-refractivity contribution in [2.75, 3.05) is 0 Å². The lowest BCUT2D eigenvalue weighted by atomic mass is 9.56. The van der Waals surface area contributed by atoms with Gasteiger partial charge in [-0.25, -0.2) is 0 Å². The molecular weight excluding hydrogens is 424 g/mol. The van der Waals surface area contributed by atoms with Crippen molar-refractivity contribution in [3.8, 4) is 0 Å². The van der Waals surface area contributed by atoms with Crippen LogP contribution in [0.2, 0.25) is 0 Å². The number of carbonyl (C=O) groups excluding carboxylic acids is 1. The standard InChI is InChI=1S/C34H40O/c1-23(2)33(6,21-27-12-8-24(3)9-13-27)22-32(35)34(7)17-16-31(34)20-29-19-30(18-26(29)5)28-14-10-25(4)11-15-28/h8-15,19-20,31H,1,5,16-18,21-22H2,2-4,6-7H3/b29-20+/t31?,33-,34-/m1/s1. The summed E-state index contributed by atoms with van der Waals surface area (Å²) in [5, 5.41) is 0. The summed E-state index contributed by atoms with van der Waals surface area (Å²) in [7, 11) is 0. The molecule has 2 aromatic carbocycles. The largest absolute Gasteiger partial charge is 0.299 e. The molecule has 0 heterocycles. The van der Waals surface area contributed by atoms with Crippen LogP contribution in [0.4, 0.5) is 0 Å². The highest BCUT2D eigenvalue weighted by Gasteiger charge is 2.49. The summed E-state index contributed by atoms with van der Waals surface area (Å²) in [5.41, 5.74) is 9.29. The molecule has 1 saturated carbocycles. The second-order valence-electron chi connectivity index (χ2n) is 11.6. The number of benzene rings is 2. The molecule has 1 fully saturated rings. The van der Waals surface area contributed by atoms with Crippen LogP contribution in [0.15, 0.2) is 90.6 Å². The molecule has 0 N–H and O–H groups in total. The molecule has 2 aromatic rings. The molecule has 0 aromatic heterocycles. The van der Waals surface area contributed by atoms with Crippen LogP contribution in [-0.4, -0.2) is 5.78 Å². The Morgan fingerprint density at radius 3 is 2.23 bits per heavy atom. The Balaban J connectivity index is 1.51. The highest BCUT2D eigenvalue weighted by atomic mass is 16.1. The van der Waals surface area contributed by atoms with Gasteiger partial charge in [0.05, 0.1) is 0 Å². The van der Waals surface area contributed by atoms with Gasteiger partial charge in [-0.2, -0.15) is 0 Å². The molecule has 0 radical (unpaired) electrons. The lowest BCUT2D eigenvalue weighted by Crippen LogP contribution is -2.45. The lowest BCUT2D eigenvalue weighted by Gasteiger charge is -2.46. The van der Waals surface area contributed by atoms with Gasteiger partial charge in [-0.1, -0.05) is 104 Å². The summed E-state index contributed by atoms with van der Waals surface area (Å²) in [4.78, 5) is 13.8. The summed E-state index contributed by atoms with van der Waals surface area (Å²) in [6, 6.07) is 17.4. The average molecular weight is 465 g/mol. The first kappa shape index (κ1) is 25.2. The van der Waals surface area contributed by atoms with Gasteiger partial charge in [0, 0.05) is 11.8 Å². The van der Waals surface area contributed by atoms with Crippen LogP contribution in [0, 0.1) is 30.6 Å². The second kappa shape index (κ2) is 9.61. The Morgan fingerprint density at radius 1 is 1.09 bits per heavy atom. The van der Waals surface area contributed by atoms with Crippen LogP contribution in [0.25, 0.3) is 5.57 Å². The molecule has 0 saturated heterocycles. The molecule has 1 heteroatoms. The minimum absolute atomic E-state index is 0.238. The van der Waals surface area contributed by atoms with Crippen molar-refractivity contribution in [1.82, 2.24) is 0 Å². The fourth-order valence-electron chi connectivity index (χ4n) is 5.44. The number of Topliss-reactive ketones (excluding diaryl/α,β-unsaturated/α-hetero) is 1. The van der Waals surface area contributed by atoms with Crippen LogP contribution in [0.3, 0.4) is 0 Å². The molecule has 2 aliphatic carbocycles. The zero-order valence-corrected chi connectivity index (χ0v) is 22.2. The monoisotopic (exact) mass is 464 g/mol. The Kier molecular flexibility index (Phi) is 6.91. The molecule has 0 spiro atoms. The van der Waals surface area contributed by atoms with E-state index in [-0.39, 0.29) is 16.7 Å². The third-order valence-corrected chi connectivity index (χ3v) is 8.67. The molecule has 0 bridgehead atoms. The number of aryl methyl sites for hydroxylation is 2. The number of allylic oxidation sites excluding steroid dienone is 6. The average Bonchev–Trinajstić information content (AvgIpc) is 3.18. The lowest BCUT2D eigenvalue weighted by molar-refractivity contribution is -0.137. The van der Waals surface area contributed by atoms with Crippen molar-refractivity contribution in [3.05, 3.63) is 113 Å². The van der Waals surface area contributed by atoms with Crippen molar-refractivity contribution in [2.24, 2.45) is 16.7 Å². The van der Waals surface area contributed by atoms with E-state index in [1.807, 2.05) is 0 Å². The van der Waals surface area contributed by atoms with Gasteiger partial charge in [-0.05, 0) is 85.6 Å². The Hall–Kier alpha value is -2.93. The predicted octanol–water partition coefficient (Wildman–Crippen LogP) is 8.77. The van der Waals surface area contributed by atoms with Crippen LogP contribution in [0.5, 0.6) is 0 Å². The van der Waals surface area contributed by atoms with Crippen LogP contribution in [-0.2, 0) is 11.2 Å². The zero-order valence-electron chi connectivity index (χ0n) is 22.2. The number of carbonyl (C=O) groups is 1. The quantitative estimate of drug-likeness (QED) is 0.357. The van der Waals surface area contributed by atoms with Crippen molar-refractivity contribution >= 4 is 11.4 Å². The fourth-order valence-corrected chi connectivity index (χ4v) is 5.44. The minimum Gasteiger partial charge on any atom is -0.299 e. The summed E-state index contributed by atoms with van der Waals surface area (Å²) < 4.78 is 0. The third-order valence-electron chi connectivity index (χ3n) is 8.67. The van der Waals surface area contributed by atoms with E-state index in [1.54, 1.807) is 0 Å². The second-order valence-corrected chi connectivity index (χ2v) is 11.6. The normalized spacial score (nSPS) is 24.6. The van der Waals surface area contributed by atoms with Crippen LogP contribution in [0.1, 0.15) is 68.7 Å². The van der Waals surface area contributed by atoms with E-state index in [9.17, 15) is 4.79 Å². The maximum atomic E-state index is 13.8. The van der Waals surface area contributed by atoms with Crippen molar-refractivity contribution in [3.63, 3.8) is 0 Å². The number of hydrogen-bond acceptors (Lipinski definition) is 1. The summed E-state index contributed by atoms with van der Waals surface area (Å²) in [6.07, 6.45) is 8.91. The maximum Gasteiger partial charge on any atom is 0.140 e. The Morgan fingerprint density at radius 2 is 1.69 bits per heavy atom. The molecule has 0 aliphatic heterocycles. The predicted molar refractivity (Wildman–Crippen MR) is 149 cm³/mol. The molecular formula is C34H40O. The van der Waals surface area contributed by atoms with Crippen LogP contribution < -0.4 is 0 Å². The molecule has 0 amide bonds. The van der Waals surface area contributed by atoms with Gasteiger partial charge in [-0.15, -0.1) is 0 Å². The number of ketones is 1. The van der Waals surface area contributed by atoms with Gasteiger partial charge in [0.15, 0.2) is 0 Å². The summed E-state index contributed by atoms with van der Waals surface area (Å²) in [6.45, 7) is 19.3. The van der Waals surface area contributed by atoms with E-state index in [0.717, 1.165) is 36.8 Å². The van der Waals surface area contributed by atoms with Gasteiger partial charge in [0.25, 0.3) is 0 Å². The highest BCUT2D eigenvalue weighted by Crippen LogP contribution is 2.52. The molecule has 1 unspecified atom stereocenters. The molecule has 182 valence electrons. The van der Waals surface area contributed by atoms with E-state index < -0.39 is 0 Å². The van der Waals surface area contributed by atoms with Crippen molar-refractivity contribution < 1.29 is 4.79 Å². The summed E-state index contributed by atoms with van der Waals surface area (Å²) in [5.74, 6) is 0.638. The Bertz CT molecular complexity index is 1200. The topological polar surface area (TPSA) is 17.1 Å². The molecule has 4 rings (SSSR count). The SMILES string of the molecule is C=C1CC(c2ccc(C)cc2)=C/C1=C\C1CC[C@@]1(C)C(=O)C[C@@](C)(Cc1ccc(C)cc1)C(=C)C. The van der Waals surface area contributed by atoms with Gasteiger partial charge in [-0.3, -0.25) is 4.79 Å². The van der Waals surface area contributed by atoms with E-state index in [0.29, 0.717) is 12.2 Å². The van der Waals surface area contributed by atoms with E-state index >= 15 is 0 Å². The number of rotatable bonds is 8. The van der Waals surface area contributed by atoms with Gasteiger partial charge in [0.2, 0.25) is 0 Å². The van der Waals surface area contributed by atoms with E-state index in [1.165, 1.54) is 33.4 Å². The first-order chi connectivity index (χ1) is 16.5. The first-order valence-electron chi connectivity index (χ1n) is 12.9. The van der Waals surface area contributed by atoms with Gasteiger partial charge in [0.1, 0.15) is 5.78 Å². The van der Waals surface area contributed by atoms with Crippen molar-refractivity contribution in [1.29, 1.82) is 0 Å². The van der Waals surface area contributed by atoms with E-state index in [2.05, 4.69) is 108 Å². The summed E-state index contributed by atoms with van der Waals surface area (Å²) >= 11 is 0. The smallest absolute Gasteiger partial charge is 0.140 e. The molecule has 1 nitrogen and oxygen atoms in total. The molecule has 35 heavy (non-hydrogen) atoms. The molecule has 3 atom stereocenters.